The Kier molecular flexibility index (Phi) is 6.61. The number of hydrogen-bond donors (Lipinski definition) is 1. The lowest BCUT2D eigenvalue weighted by Gasteiger charge is -2.15. The molecule has 0 radical (unpaired) electrons. The SMILES string of the molecule is CCNC(CC)CCCc1ccc(C)cc1Cl. The van der Waals surface area contributed by atoms with E-state index in [0.717, 1.165) is 18.0 Å². The molecule has 0 bridgehead atoms. The Labute approximate surface area is 111 Å². The molecule has 1 rings (SSSR count). The molecule has 0 fully saturated rings. The zero-order valence-corrected chi connectivity index (χ0v) is 12.0. The van der Waals surface area contributed by atoms with Crippen molar-refractivity contribution in [2.45, 2.75) is 52.5 Å². The summed E-state index contributed by atoms with van der Waals surface area (Å²) < 4.78 is 0. The highest BCUT2D eigenvalue weighted by Crippen LogP contribution is 2.20. The summed E-state index contributed by atoms with van der Waals surface area (Å²) in [6.07, 6.45) is 4.72. The molecule has 0 amide bonds. The highest BCUT2D eigenvalue weighted by Gasteiger charge is 2.05. The van der Waals surface area contributed by atoms with Crippen LogP contribution in [0.5, 0.6) is 0 Å². The van der Waals surface area contributed by atoms with Gasteiger partial charge in [-0.3, -0.25) is 0 Å². The second kappa shape index (κ2) is 7.73. The van der Waals surface area contributed by atoms with E-state index in [1.165, 1.54) is 30.4 Å². The molecule has 1 unspecified atom stereocenters. The molecule has 1 nitrogen and oxygen atoms in total. The fraction of sp³-hybridized carbons (Fsp3) is 0.600. The minimum Gasteiger partial charge on any atom is -0.314 e. The van der Waals surface area contributed by atoms with Crippen LogP contribution < -0.4 is 5.32 Å². The van der Waals surface area contributed by atoms with Gasteiger partial charge in [0.05, 0.1) is 0 Å². The second-order valence-corrected chi connectivity index (χ2v) is 5.06. The van der Waals surface area contributed by atoms with E-state index < -0.39 is 0 Å². The molecule has 1 N–H and O–H groups in total. The fourth-order valence-corrected chi connectivity index (χ4v) is 2.46. The van der Waals surface area contributed by atoms with Gasteiger partial charge in [-0.1, -0.05) is 37.6 Å². The molecular formula is C15H24ClN. The first-order valence-electron chi connectivity index (χ1n) is 6.65. The van der Waals surface area contributed by atoms with Crippen molar-refractivity contribution >= 4 is 11.6 Å². The third-order valence-electron chi connectivity index (χ3n) is 3.19. The van der Waals surface area contributed by atoms with Gasteiger partial charge in [-0.15, -0.1) is 0 Å². The van der Waals surface area contributed by atoms with Crippen molar-refractivity contribution in [3.63, 3.8) is 0 Å². The molecule has 0 aromatic heterocycles. The summed E-state index contributed by atoms with van der Waals surface area (Å²) in [7, 11) is 0. The number of halogens is 1. The first-order chi connectivity index (χ1) is 8.17. The van der Waals surface area contributed by atoms with Crippen molar-refractivity contribution in [2.24, 2.45) is 0 Å². The van der Waals surface area contributed by atoms with Crippen LogP contribution in [0.25, 0.3) is 0 Å². The minimum atomic E-state index is 0.657. The molecule has 96 valence electrons. The van der Waals surface area contributed by atoms with Gasteiger partial charge in [-0.2, -0.15) is 0 Å². The zero-order chi connectivity index (χ0) is 12.7. The van der Waals surface area contributed by atoms with Crippen molar-refractivity contribution in [3.05, 3.63) is 34.3 Å². The molecule has 2 heteroatoms. The minimum absolute atomic E-state index is 0.657. The molecular weight excluding hydrogens is 230 g/mol. The van der Waals surface area contributed by atoms with Crippen LogP contribution in [0.2, 0.25) is 5.02 Å². The first-order valence-corrected chi connectivity index (χ1v) is 7.03. The van der Waals surface area contributed by atoms with Crippen molar-refractivity contribution in [3.8, 4) is 0 Å². The van der Waals surface area contributed by atoms with Gasteiger partial charge in [0.1, 0.15) is 0 Å². The average molecular weight is 254 g/mol. The van der Waals surface area contributed by atoms with Gasteiger partial charge in [-0.25, -0.2) is 0 Å². The Morgan fingerprint density at radius 1 is 1.29 bits per heavy atom. The van der Waals surface area contributed by atoms with E-state index in [2.05, 4.69) is 44.3 Å². The maximum Gasteiger partial charge on any atom is 0.0440 e. The van der Waals surface area contributed by atoms with E-state index in [9.17, 15) is 0 Å². The Morgan fingerprint density at radius 3 is 2.65 bits per heavy atom. The average Bonchev–Trinajstić information content (AvgIpc) is 2.30. The Balaban J connectivity index is 2.39. The van der Waals surface area contributed by atoms with Crippen LogP contribution in [0.4, 0.5) is 0 Å². The van der Waals surface area contributed by atoms with Crippen molar-refractivity contribution < 1.29 is 0 Å². The Morgan fingerprint density at radius 2 is 2.06 bits per heavy atom. The standard InChI is InChI=1S/C15H24ClN/c1-4-14(17-5-2)8-6-7-13-10-9-12(3)11-15(13)16/h9-11,14,17H,4-8H2,1-3H3. The van der Waals surface area contributed by atoms with E-state index in [-0.39, 0.29) is 0 Å². The van der Waals surface area contributed by atoms with Crippen LogP contribution in [-0.4, -0.2) is 12.6 Å². The third kappa shape index (κ3) is 5.10. The van der Waals surface area contributed by atoms with Gasteiger partial charge in [0, 0.05) is 11.1 Å². The second-order valence-electron chi connectivity index (χ2n) is 4.65. The van der Waals surface area contributed by atoms with Crippen LogP contribution in [0.1, 0.15) is 44.2 Å². The lowest BCUT2D eigenvalue weighted by Crippen LogP contribution is -2.28. The van der Waals surface area contributed by atoms with E-state index in [4.69, 9.17) is 11.6 Å². The molecule has 0 aliphatic carbocycles. The van der Waals surface area contributed by atoms with Crippen molar-refractivity contribution in [1.29, 1.82) is 0 Å². The highest BCUT2D eigenvalue weighted by atomic mass is 35.5. The molecule has 0 heterocycles. The third-order valence-corrected chi connectivity index (χ3v) is 3.54. The number of nitrogens with one attached hydrogen (secondary N) is 1. The summed E-state index contributed by atoms with van der Waals surface area (Å²) in [6, 6.07) is 7.01. The van der Waals surface area contributed by atoms with E-state index in [0.29, 0.717) is 6.04 Å². The first kappa shape index (κ1) is 14.5. The zero-order valence-electron chi connectivity index (χ0n) is 11.2. The van der Waals surface area contributed by atoms with Crippen LogP contribution in [-0.2, 0) is 6.42 Å². The molecule has 0 spiro atoms. The monoisotopic (exact) mass is 253 g/mol. The normalized spacial score (nSPS) is 12.7. The predicted molar refractivity (Wildman–Crippen MR) is 76.9 cm³/mol. The fourth-order valence-electron chi connectivity index (χ4n) is 2.13. The van der Waals surface area contributed by atoms with Gasteiger partial charge in [0.15, 0.2) is 0 Å². The summed E-state index contributed by atoms with van der Waals surface area (Å²) >= 11 is 6.22. The number of benzene rings is 1. The van der Waals surface area contributed by atoms with Crippen LogP contribution in [0.3, 0.4) is 0 Å². The van der Waals surface area contributed by atoms with Crippen LogP contribution >= 0.6 is 11.6 Å². The molecule has 0 aliphatic heterocycles. The Bertz CT molecular complexity index is 336. The molecule has 0 saturated carbocycles. The highest BCUT2D eigenvalue weighted by molar-refractivity contribution is 6.31. The maximum absolute atomic E-state index is 6.22. The summed E-state index contributed by atoms with van der Waals surface area (Å²) in [5.41, 5.74) is 2.52. The van der Waals surface area contributed by atoms with Gasteiger partial charge in [0.25, 0.3) is 0 Å². The number of aryl methyl sites for hydroxylation is 2. The maximum atomic E-state index is 6.22. The van der Waals surface area contributed by atoms with Gasteiger partial charge >= 0.3 is 0 Å². The molecule has 0 aliphatic rings. The number of rotatable bonds is 7. The largest absolute Gasteiger partial charge is 0.314 e. The predicted octanol–water partition coefficient (Wildman–Crippen LogP) is 4.36. The van der Waals surface area contributed by atoms with E-state index >= 15 is 0 Å². The number of hydrogen-bond acceptors (Lipinski definition) is 1. The van der Waals surface area contributed by atoms with Gasteiger partial charge in [-0.05, 0) is 56.3 Å². The molecule has 17 heavy (non-hydrogen) atoms. The van der Waals surface area contributed by atoms with Crippen molar-refractivity contribution in [2.75, 3.05) is 6.54 Å². The summed E-state index contributed by atoms with van der Waals surface area (Å²) in [4.78, 5) is 0. The Hall–Kier alpha value is -0.530. The molecule has 1 aromatic rings. The van der Waals surface area contributed by atoms with Gasteiger partial charge < -0.3 is 5.32 Å². The summed E-state index contributed by atoms with van der Waals surface area (Å²) in [5, 5.41) is 4.43. The van der Waals surface area contributed by atoms with Gasteiger partial charge in [0.2, 0.25) is 0 Å². The molecule has 0 saturated heterocycles. The summed E-state index contributed by atoms with van der Waals surface area (Å²) in [5.74, 6) is 0. The van der Waals surface area contributed by atoms with E-state index in [1.807, 2.05) is 0 Å². The smallest absolute Gasteiger partial charge is 0.0440 e. The molecule has 1 atom stereocenters. The van der Waals surface area contributed by atoms with Crippen LogP contribution in [0, 0.1) is 6.92 Å². The lowest BCUT2D eigenvalue weighted by molar-refractivity contribution is 0.467. The lowest BCUT2D eigenvalue weighted by atomic mass is 10.0. The van der Waals surface area contributed by atoms with Crippen LogP contribution in [0.15, 0.2) is 18.2 Å². The van der Waals surface area contributed by atoms with E-state index in [1.54, 1.807) is 0 Å². The molecule has 1 aromatic carbocycles. The topological polar surface area (TPSA) is 12.0 Å². The summed E-state index contributed by atoms with van der Waals surface area (Å²) in [6.45, 7) is 7.55. The quantitative estimate of drug-likeness (QED) is 0.761. The van der Waals surface area contributed by atoms with Crippen molar-refractivity contribution in [1.82, 2.24) is 5.32 Å².